The molecular weight excluding hydrogens is 316 g/mol. The Bertz CT molecular complexity index is 662. The summed E-state index contributed by atoms with van der Waals surface area (Å²) in [5.41, 5.74) is 1.81. The number of aliphatic hydroxyl groups excluding tert-OH is 1. The van der Waals surface area contributed by atoms with Gasteiger partial charge in [0.2, 0.25) is 5.91 Å². The number of hydrogen-bond donors (Lipinski definition) is 2. The molecule has 5 nitrogen and oxygen atoms in total. The van der Waals surface area contributed by atoms with Gasteiger partial charge >= 0.3 is 0 Å². The molecule has 4 heterocycles. The number of ether oxygens (including phenoxy) is 1. The first-order valence-electron chi connectivity index (χ1n) is 9.50. The zero-order chi connectivity index (χ0) is 17.6. The van der Waals surface area contributed by atoms with Crippen molar-refractivity contribution in [3.63, 3.8) is 0 Å². The number of methoxy groups -OCH3 is 1. The molecule has 0 radical (unpaired) electrons. The molecule has 0 aliphatic carbocycles. The van der Waals surface area contributed by atoms with E-state index in [-0.39, 0.29) is 17.9 Å². The number of fused-ring (bicyclic) bond motifs is 4. The molecule has 0 aromatic heterocycles. The fourth-order valence-electron chi connectivity index (χ4n) is 5.17. The van der Waals surface area contributed by atoms with Gasteiger partial charge in [0.05, 0.1) is 13.2 Å². The molecule has 5 rings (SSSR count). The summed E-state index contributed by atoms with van der Waals surface area (Å²) in [6, 6.07) is 5.86. The Kier molecular flexibility index (Phi) is 4.46. The van der Waals surface area contributed by atoms with Crippen LogP contribution in [0, 0.1) is 11.8 Å². The maximum absolute atomic E-state index is 12.2. The number of anilines is 1. The number of nitrogens with one attached hydrogen (secondary N) is 1. The second-order valence-corrected chi connectivity index (χ2v) is 7.82. The first kappa shape index (κ1) is 16.9. The topological polar surface area (TPSA) is 61.8 Å². The molecule has 6 atom stereocenters. The average Bonchev–Trinajstić information content (AvgIpc) is 2.66. The Hall–Kier alpha value is -1.59. The van der Waals surface area contributed by atoms with Crippen molar-refractivity contribution in [1.29, 1.82) is 0 Å². The second-order valence-electron chi connectivity index (χ2n) is 7.82. The van der Waals surface area contributed by atoms with Gasteiger partial charge in [0.15, 0.2) is 0 Å². The number of carbonyl (C=O) groups is 1. The largest absolute Gasteiger partial charge is 0.497 e. The molecule has 1 amide bonds. The Balaban J connectivity index is 1.61. The molecule has 5 heteroatoms. The van der Waals surface area contributed by atoms with Crippen molar-refractivity contribution in [3.8, 4) is 5.75 Å². The average molecular weight is 344 g/mol. The van der Waals surface area contributed by atoms with Gasteiger partial charge in [-0.1, -0.05) is 13.3 Å². The van der Waals surface area contributed by atoms with Gasteiger partial charge in [-0.2, -0.15) is 0 Å². The lowest BCUT2D eigenvalue weighted by molar-refractivity contribution is -0.118. The molecule has 1 aromatic carbocycles. The summed E-state index contributed by atoms with van der Waals surface area (Å²) in [4.78, 5) is 14.6. The molecule has 136 valence electrons. The maximum Gasteiger partial charge on any atom is 0.225 e. The summed E-state index contributed by atoms with van der Waals surface area (Å²) in [5.74, 6) is 2.08. The van der Waals surface area contributed by atoms with Crippen LogP contribution in [0.15, 0.2) is 18.2 Å². The van der Waals surface area contributed by atoms with Crippen molar-refractivity contribution in [1.82, 2.24) is 4.90 Å². The molecule has 6 unspecified atom stereocenters. The highest BCUT2D eigenvalue weighted by molar-refractivity contribution is 5.95. The molecule has 3 fully saturated rings. The lowest BCUT2D eigenvalue weighted by atomic mass is 9.70. The smallest absolute Gasteiger partial charge is 0.225 e. The van der Waals surface area contributed by atoms with Crippen molar-refractivity contribution >= 4 is 11.6 Å². The zero-order valence-electron chi connectivity index (χ0n) is 15.1. The van der Waals surface area contributed by atoms with Crippen LogP contribution in [-0.4, -0.2) is 48.3 Å². The van der Waals surface area contributed by atoms with E-state index in [1.54, 1.807) is 7.11 Å². The highest BCUT2D eigenvalue weighted by Gasteiger charge is 2.45. The van der Waals surface area contributed by atoms with Gasteiger partial charge in [0.25, 0.3) is 0 Å². The maximum atomic E-state index is 12.2. The van der Waals surface area contributed by atoms with Crippen LogP contribution in [0.4, 0.5) is 5.69 Å². The van der Waals surface area contributed by atoms with Crippen LogP contribution in [0.1, 0.15) is 44.1 Å². The van der Waals surface area contributed by atoms with Crippen molar-refractivity contribution in [3.05, 3.63) is 23.8 Å². The highest BCUT2D eigenvalue weighted by Crippen LogP contribution is 2.44. The normalized spacial score (nSPS) is 35.0. The molecule has 0 spiro atoms. The predicted molar refractivity (Wildman–Crippen MR) is 96.9 cm³/mol. The van der Waals surface area contributed by atoms with Crippen LogP contribution in [0.25, 0.3) is 0 Å². The highest BCUT2D eigenvalue weighted by atomic mass is 16.5. The van der Waals surface area contributed by atoms with E-state index in [1.165, 1.54) is 12.8 Å². The number of carbonyl (C=O) groups excluding carboxylic acids is 1. The van der Waals surface area contributed by atoms with Crippen LogP contribution >= 0.6 is 0 Å². The van der Waals surface area contributed by atoms with Crippen LogP contribution < -0.4 is 10.1 Å². The summed E-state index contributed by atoms with van der Waals surface area (Å²) in [7, 11) is 1.64. The molecule has 25 heavy (non-hydrogen) atoms. The van der Waals surface area contributed by atoms with Gasteiger partial charge in [-0.3, -0.25) is 9.69 Å². The van der Waals surface area contributed by atoms with Gasteiger partial charge in [0, 0.05) is 30.6 Å². The molecule has 1 aromatic rings. The quantitative estimate of drug-likeness (QED) is 0.881. The Morgan fingerprint density at radius 2 is 2.28 bits per heavy atom. The van der Waals surface area contributed by atoms with Crippen molar-refractivity contribution in [2.75, 3.05) is 25.5 Å². The van der Waals surface area contributed by atoms with Gasteiger partial charge in [-0.25, -0.2) is 0 Å². The number of rotatable bonds is 4. The first-order valence-corrected chi connectivity index (χ1v) is 9.50. The summed E-state index contributed by atoms with van der Waals surface area (Å²) >= 11 is 0. The summed E-state index contributed by atoms with van der Waals surface area (Å²) in [6.07, 6.45) is 3.34. The van der Waals surface area contributed by atoms with E-state index >= 15 is 0 Å². The van der Waals surface area contributed by atoms with Crippen LogP contribution in [-0.2, 0) is 4.79 Å². The van der Waals surface area contributed by atoms with Gasteiger partial charge in [0.1, 0.15) is 5.75 Å². The van der Waals surface area contributed by atoms with E-state index in [1.807, 2.05) is 18.2 Å². The lowest BCUT2D eigenvalue weighted by Crippen LogP contribution is -2.58. The first-order chi connectivity index (χ1) is 12.1. The second kappa shape index (κ2) is 6.61. The molecule has 2 N–H and O–H groups in total. The molecular formula is C20H28N2O3. The number of benzene rings is 1. The monoisotopic (exact) mass is 344 g/mol. The Morgan fingerprint density at radius 3 is 2.96 bits per heavy atom. The third kappa shape index (κ3) is 2.93. The van der Waals surface area contributed by atoms with Crippen molar-refractivity contribution in [2.24, 2.45) is 11.8 Å². The molecule has 4 aliphatic rings. The minimum atomic E-state index is -0.516. The number of hydrogen-bond acceptors (Lipinski definition) is 4. The van der Waals surface area contributed by atoms with E-state index in [0.717, 1.165) is 48.3 Å². The van der Waals surface area contributed by atoms with E-state index in [9.17, 15) is 9.90 Å². The summed E-state index contributed by atoms with van der Waals surface area (Å²) in [5, 5.41) is 14.2. The van der Waals surface area contributed by atoms with Crippen molar-refractivity contribution < 1.29 is 14.6 Å². The van der Waals surface area contributed by atoms with Gasteiger partial charge in [-0.05, 0) is 55.0 Å². The van der Waals surface area contributed by atoms with E-state index in [0.29, 0.717) is 6.42 Å². The molecule has 0 saturated carbocycles. The third-order valence-electron chi connectivity index (χ3n) is 6.60. The Labute approximate surface area is 149 Å². The van der Waals surface area contributed by atoms with E-state index in [4.69, 9.17) is 4.74 Å². The molecule has 2 bridgehead atoms. The summed E-state index contributed by atoms with van der Waals surface area (Å²) in [6.45, 7) is 4.44. The van der Waals surface area contributed by atoms with Crippen LogP contribution in [0.3, 0.4) is 0 Å². The standard InChI is InChI=1S/C20H28N2O3/c1-3-12-11-22-7-6-13(12)8-18(22)20(24)16-10-19(23)21-17-5-4-14(25-2)9-15(16)17/h4-5,9,12-13,16,18,20,24H,3,6-8,10-11H2,1-2H3,(H,21,23). The minimum Gasteiger partial charge on any atom is -0.497 e. The number of aliphatic hydroxyl groups is 1. The third-order valence-corrected chi connectivity index (χ3v) is 6.60. The van der Waals surface area contributed by atoms with Crippen molar-refractivity contribution in [2.45, 2.75) is 50.7 Å². The minimum absolute atomic E-state index is 0.0101. The van der Waals surface area contributed by atoms with E-state index < -0.39 is 6.10 Å². The summed E-state index contributed by atoms with van der Waals surface area (Å²) < 4.78 is 5.35. The Morgan fingerprint density at radius 1 is 1.44 bits per heavy atom. The SMILES string of the molecule is CCC1CN2CCC1CC2C(O)C1CC(=O)Nc2ccc(OC)cc21. The predicted octanol–water partition coefficient (Wildman–Crippen LogP) is 2.60. The van der Waals surface area contributed by atoms with Crippen LogP contribution in [0.2, 0.25) is 0 Å². The zero-order valence-corrected chi connectivity index (χ0v) is 15.1. The van der Waals surface area contributed by atoms with Crippen LogP contribution in [0.5, 0.6) is 5.75 Å². The van der Waals surface area contributed by atoms with E-state index in [2.05, 4.69) is 17.1 Å². The number of piperidine rings is 3. The lowest BCUT2D eigenvalue weighted by Gasteiger charge is -2.52. The van der Waals surface area contributed by atoms with Gasteiger partial charge < -0.3 is 15.2 Å². The number of amides is 1. The fraction of sp³-hybridized carbons (Fsp3) is 0.650. The van der Waals surface area contributed by atoms with Gasteiger partial charge in [-0.15, -0.1) is 0 Å². The fourth-order valence-corrected chi connectivity index (χ4v) is 5.17. The number of nitrogens with zero attached hydrogens (tertiary/aromatic N) is 1. The molecule has 3 saturated heterocycles. The molecule has 4 aliphatic heterocycles.